The van der Waals surface area contributed by atoms with Crippen molar-refractivity contribution in [3.05, 3.63) is 26.8 Å². The number of aromatic nitrogens is 1. The van der Waals surface area contributed by atoms with Crippen LogP contribution in [-0.4, -0.2) is 4.98 Å². The summed E-state index contributed by atoms with van der Waals surface area (Å²) in [6, 6.07) is 0. The Bertz CT molecular complexity index is 679. The topological polar surface area (TPSA) is 43.1 Å². The minimum atomic E-state index is -0.148. The maximum absolute atomic E-state index is 12.3. The van der Waals surface area contributed by atoms with E-state index in [1.807, 2.05) is 0 Å². The molecule has 1 fully saturated rings. The van der Waals surface area contributed by atoms with Crippen LogP contribution in [-0.2, 0) is 12.8 Å². The Balaban J connectivity index is 1.84. The molecule has 100 valence electrons. The van der Waals surface area contributed by atoms with Crippen molar-refractivity contribution in [2.45, 2.75) is 57.3 Å². The molecule has 0 N–H and O–H groups in total. The van der Waals surface area contributed by atoms with E-state index in [1.54, 1.807) is 11.3 Å². The van der Waals surface area contributed by atoms with Crippen molar-refractivity contribution in [3.8, 4) is 0 Å². The molecule has 2 heterocycles. The van der Waals surface area contributed by atoms with Gasteiger partial charge < -0.3 is 4.42 Å². The quantitative estimate of drug-likeness (QED) is 0.795. The number of aryl methyl sites for hydroxylation is 2. The lowest BCUT2D eigenvalue weighted by Crippen LogP contribution is -2.11. The van der Waals surface area contributed by atoms with E-state index >= 15 is 0 Å². The summed E-state index contributed by atoms with van der Waals surface area (Å²) in [6.07, 6.45) is 9.29. The molecule has 1 saturated carbocycles. The van der Waals surface area contributed by atoms with Crippen LogP contribution in [0.5, 0.6) is 0 Å². The molecule has 2 aliphatic rings. The summed E-state index contributed by atoms with van der Waals surface area (Å²) in [4.78, 5) is 19.2. The molecule has 0 saturated heterocycles. The third-order valence-corrected chi connectivity index (χ3v) is 5.66. The molecule has 0 aromatic carbocycles. The second-order valence-corrected chi connectivity index (χ2v) is 6.80. The molecule has 0 atom stereocenters. The summed E-state index contributed by atoms with van der Waals surface area (Å²) < 4.78 is 5.55. The van der Waals surface area contributed by atoms with E-state index < -0.39 is 0 Å². The van der Waals surface area contributed by atoms with Crippen LogP contribution >= 0.6 is 11.3 Å². The zero-order valence-corrected chi connectivity index (χ0v) is 11.7. The minimum Gasteiger partial charge on any atom is -0.408 e. The molecular weight excluding hydrogens is 258 g/mol. The number of nitrogens with zero attached hydrogens (tertiary/aromatic N) is 1. The normalized spacial score (nSPS) is 20.0. The number of hydrogen-bond acceptors (Lipinski definition) is 4. The lowest BCUT2D eigenvalue weighted by Gasteiger charge is -2.19. The summed E-state index contributed by atoms with van der Waals surface area (Å²) in [6.45, 7) is 0. The van der Waals surface area contributed by atoms with E-state index in [4.69, 9.17) is 4.42 Å². The lowest BCUT2D eigenvalue weighted by atomic mass is 9.89. The van der Waals surface area contributed by atoms with Gasteiger partial charge >= 0.3 is 5.63 Å². The Morgan fingerprint density at radius 1 is 1.11 bits per heavy atom. The molecule has 3 nitrogen and oxygen atoms in total. The van der Waals surface area contributed by atoms with Crippen LogP contribution in [0.15, 0.2) is 9.21 Å². The molecule has 4 heteroatoms. The first-order valence-electron chi connectivity index (χ1n) is 7.28. The van der Waals surface area contributed by atoms with Crippen LogP contribution in [0.4, 0.5) is 0 Å². The van der Waals surface area contributed by atoms with Gasteiger partial charge in [-0.15, -0.1) is 11.3 Å². The van der Waals surface area contributed by atoms with Crippen molar-refractivity contribution < 1.29 is 4.42 Å². The highest BCUT2D eigenvalue weighted by Gasteiger charge is 2.25. The highest BCUT2D eigenvalue weighted by Crippen LogP contribution is 2.37. The van der Waals surface area contributed by atoms with Crippen LogP contribution in [0, 0.1) is 0 Å². The Hall–Kier alpha value is -1.16. The summed E-state index contributed by atoms with van der Waals surface area (Å²) >= 11 is 1.71. The van der Waals surface area contributed by atoms with Gasteiger partial charge in [-0.25, -0.2) is 9.78 Å². The number of fused-ring (bicyclic) bond motifs is 3. The average molecular weight is 275 g/mol. The summed E-state index contributed by atoms with van der Waals surface area (Å²) in [5.74, 6) is 1.06. The zero-order chi connectivity index (χ0) is 12.8. The fourth-order valence-corrected chi connectivity index (χ4v) is 4.72. The van der Waals surface area contributed by atoms with Gasteiger partial charge in [0.15, 0.2) is 0 Å². The second-order valence-electron chi connectivity index (χ2n) is 5.71. The predicted octanol–water partition coefficient (Wildman–Crippen LogP) is 3.79. The molecule has 0 radical (unpaired) electrons. The largest absolute Gasteiger partial charge is 0.408 e. The van der Waals surface area contributed by atoms with Crippen LogP contribution in [0.3, 0.4) is 0 Å². The molecule has 0 aliphatic heterocycles. The third kappa shape index (κ3) is 1.84. The van der Waals surface area contributed by atoms with Crippen LogP contribution in [0.1, 0.15) is 60.8 Å². The van der Waals surface area contributed by atoms with E-state index in [0.717, 1.165) is 35.9 Å². The van der Waals surface area contributed by atoms with Crippen LogP contribution in [0.2, 0.25) is 0 Å². The van der Waals surface area contributed by atoms with Gasteiger partial charge in [0.05, 0.1) is 0 Å². The van der Waals surface area contributed by atoms with E-state index in [1.165, 1.54) is 36.1 Å². The van der Waals surface area contributed by atoms with E-state index in [0.29, 0.717) is 11.8 Å². The number of rotatable bonds is 1. The number of hydrogen-bond donors (Lipinski definition) is 0. The molecule has 19 heavy (non-hydrogen) atoms. The maximum Gasteiger partial charge on any atom is 0.348 e. The van der Waals surface area contributed by atoms with Gasteiger partial charge in [-0.2, -0.15) is 0 Å². The number of thiophene rings is 1. The molecule has 0 bridgehead atoms. The first-order valence-corrected chi connectivity index (χ1v) is 8.10. The molecule has 2 aromatic heterocycles. The Labute approximate surface area is 115 Å². The molecule has 0 spiro atoms. The van der Waals surface area contributed by atoms with Crippen LogP contribution < -0.4 is 5.63 Å². The van der Waals surface area contributed by atoms with Crippen molar-refractivity contribution in [2.75, 3.05) is 0 Å². The Morgan fingerprint density at radius 3 is 2.79 bits per heavy atom. The van der Waals surface area contributed by atoms with Gasteiger partial charge in [0.1, 0.15) is 10.2 Å². The van der Waals surface area contributed by atoms with Gasteiger partial charge in [-0.05, 0) is 37.7 Å². The highest BCUT2D eigenvalue weighted by atomic mass is 32.1. The molecule has 0 unspecified atom stereocenters. The second kappa shape index (κ2) is 4.44. The standard InChI is InChI=1S/C15H17NO2S/c17-15-12-10-7-4-8-11(10)19-14(12)16-13(18-15)9-5-2-1-3-6-9/h9H,1-8H2. The van der Waals surface area contributed by atoms with E-state index in [9.17, 15) is 4.79 Å². The van der Waals surface area contributed by atoms with Crippen molar-refractivity contribution >= 4 is 21.6 Å². The van der Waals surface area contributed by atoms with Gasteiger partial charge in [0.2, 0.25) is 5.89 Å². The summed E-state index contributed by atoms with van der Waals surface area (Å²) in [5.41, 5.74) is 1.07. The SMILES string of the molecule is O=c1oc(C2CCCCC2)nc2sc3c(c12)CCC3. The highest BCUT2D eigenvalue weighted by molar-refractivity contribution is 7.18. The minimum absolute atomic E-state index is 0.148. The first-order chi connectivity index (χ1) is 9.33. The van der Waals surface area contributed by atoms with E-state index in [2.05, 4.69) is 4.98 Å². The van der Waals surface area contributed by atoms with Gasteiger partial charge in [0.25, 0.3) is 0 Å². The van der Waals surface area contributed by atoms with Gasteiger partial charge in [-0.3, -0.25) is 0 Å². The third-order valence-electron chi connectivity index (χ3n) is 4.47. The summed E-state index contributed by atoms with van der Waals surface area (Å²) in [7, 11) is 0. The van der Waals surface area contributed by atoms with Crippen molar-refractivity contribution in [2.24, 2.45) is 0 Å². The van der Waals surface area contributed by atoms with Crippen molar-refractivity contribution in [1.82, 2.24) is 4.98 Å². The zero-order valence-electron chi connectivity index (χ0n) is 10.9. The molecule has 2 aromatic rings. The summed E-state index contributed by atoms with van der Waals surface area (Å²) in [5, 5.41) is 0.775. The van der Waals surface area contributed by atoms with Crippen molar-refractivity contribution in [3.63, 3.8) is 0 Å². The first kappa shape index (κ1) is 11.6. The molecular formula is C15H17NO2S. The lowest BCUT2D eigenvalue weighted by molar-refractivity contribution is 0.342. The Kier molecular flexibility index (Phi) is 2.72. The van der Waals surface area contributed by atoms with Crippen molar-refractivity contribution in [1.29, 1.82) is 0 Å². The predicted molar refractivity (Wildman–Crippen MR) is 76.0 cm³/mol. The van der Waals surface area contributed by atoms with Gasteiger partial charge in [-0.1, -0.05) is 19.3 Å². The van der Waals surface area contributed by atoms with Gasteiger partial charge in [0, 0.05) is 10.8 Å². The van der Waals surface area contributed by atoms with E-state index in [-0.39, 0.29) is 5.63 Å². The maximum atomic E-state index is 12.3. The van der Waals surface area contributed by atoms with Crippen LogP contribution in [0.25, 0.3) is 10.2 Å². The molecule has 4 rings (SSSR count). The Morgan fingerprint density at radius 2 is 1.95 bits per heavy atom. The molecule has 2 aliphatic carbocycles. The smallest absolute Gasteiger partial charge is 0.348 e. The average Bonchev–Trinajstić information content (AvgIpc) is 2.99. The fraction of sp³-hybridized carbons (Fsp3) is 0.600. The monoisotopic (exact) mass is 275 g/mol. The molecule has 0 amide bonds. The fourth-order valence-electron chi connectivity index (χ4n) is 3.47.